The third-order valence-electron chi connectivity index (χ3n) is 3.53. The zero-order valence-electron chi connectivity index (χ0n) is 12.2. The largest absolute Gasteiger partial charge is 0.348 e. The van der Waals surface area contributed by atoms with Gasteiger partial charge in [0.25, 0.3) is 0 Å². The number of nitrogens with one attached hydrogen (secondary N) is 1. The lowest BCUT2D eigenvalue weighted by molar-refractivity contribution is -0.440. The van der Waals surface area contributed by atoms with E-state index >= 15 is 0 Å². The van der Waals surface area contributed by atoms with Crippen LogP contribution in [0, 0.1) is 17.6 Å². The second kappa shape index (κ2) is 5.69. The van der Waals surface area contributed by atoms with Gasteiger partial charge in [-0.2, -0.15) is 0 Å². The summed E-state index contributed by atoms with van der Waals surface area (Å²) >= 11 is 1.33. The van der Waals surface area contributed by atoms with E-state index in [1.165, 1.54) is 23.9 Å². The molecule has 3 rings (SSSR count). The Bertz CT molecular complexity index is 741. The molecule has 0 unspecified atom stereocenters. The highest BCUT2D eigenvalue weighted by Crippen LogP contribution is 2.31. The molecule has 0 amide bonds. The summed E-state index contributed by atoms with van der Waals surface area (Å²) in [4.78, 5) is 0. The Kier molecular flexibility index (Phi) is 3.88. The number of thioether (sulfide) groups is 1. The lowest BCUT2D eigenvalue weighted by atomic mass is 10.1. The number of fused-ring (bicyclic) bond motifs is 1. The fraction of sp³-hybridized carbons (Fsp3) is 0.286. The van der Waals surface area contributed by atoms with Crippen LogP contribution in [0.1, 0.15) is 31.3 Å². The van der Waals surface area contributed by atoms with Crippen molar-refractivity contribution in [1.29, 1.82) is 0 Å². The minimum absolute atomic E-state index is 0.0493. The van der Waals surface area contributed by atoms with E-state index < -0.39 is 11.6 Å². The molecule has 0 saturated carbocycles. The highest BCUT2D eigenvalue weighted by Gasteiger charge is 2.27. The summed E-state index contributed by atoms with van der Waals surface area (Å²) in [6, 6.07) is 3.45. The van der Waals surface area contributed by atoms with Crippen molar-refractivity contribution in [2.24, 2.45) is 5.92 Å². The zero-order valence-corrected chi connectivity index (χ0v) is 13.0. The molecule has 1 aliphatic rings. The number of halogens is 2. The molecule has 0 saturated heterocycles. The van der Waals surface area contributed by atoms with E-state index in [1.807, 2.05) is 13.8 Å². The van der Waals surface area contributed by atoms with Gasteiger partial charge in [0.2, 0.25) is 11.0 Å². The van der Waals surface area contributed by atoms with Crippen molar-refractivity contribution < 1.29 is 14.5 Å². The van der Waals surface area contributed by atoms with Gasteiger partial charge in [0, 0.05) is 23.0 Å². The molecule has 22 heavy (non-hydrogen) atoms. The van der Waals surface area contributed by atoms with Gasteiger partial charge in [0.15, 0.2) is 0 Å². The lowest BCUT2D eigenvalue weighted by Gasteiger charge is -2.21. The Morgan fingerprint density at radius 3 is 2.73 bits per heavy atom. The average molecular weight is 324 g/mol. The Balaban J connectivity index is 1.94. The van der Waals surface area contributed by atoms with Gasteiger partial charge in [-0.15, -0.1) is 10.2 Å². The van der Waals surface area contributed by atoms with E-state index in [-0.39, 0.29) is 12.0 Å². The van der Waals surface area contributed by atoms with Crippen molar-refractivity contribution >= 4 is 17.5 Å². The topological polar surface area (TPSA) is 70.4 Å². The van der Waals surface area contributed by atoms with Gasteiger partial charge in [0.1, 0.15) is 17.7 Å². The summed E-state index contributed by atoms with van der Waals surface area (Å²) in [7, 11) is 0. The van der Waals surface area contributed by atoms with E-state index in [9.17, 15) is 8.78 Å². The molecule has 1 aliphatic heterocycles. The number of aromatic nitrogens is 3. The summed E-state index contributed by atoms with van der Waals surface area (Å²) in [5.41, 5.74) is 8.02. The molecule has 2 aromatic rings. The van der Waals surface area contributed by atoms with E-state index in [4.69, 9.17) is 0 Å². The first-order chi connectivity index (χ1) is 10.5. The second-order valence-electron chi connectivity index (χ2n) is 5.41. The van der Waals surface area contributed by atoms with Gasteiger partial charge in [-0.3, -0.25) is 5.43 Å². The van der Waals surface area contributed by atoms with Crippen molar-refractivity contribution in [3.05, 3.63) is 46.6 Å². The van der Waals surface area contributed by atoms with E-state index in [2.05, 4.69) is 21.4 Å². The Morgan fingerprint density at radius 2 is 2.05 bits per heavy atom. The monoisotopic (exact) mass is 324 g/mol. The van der Waals surface area contributed by atoms with Crippen LogP contribution >= 0.6 is 11.8 Å². The van der Waals surface area contributed by atoms with Crippen molar-refractivity contribution in [3.63, 3.8) is 0 Å². The molecular formula is C14H16F2N5S+. The molecule has 8 heteroatoms. The fourth-order valence-electron chi connectivity index (χ4n) is 2.09. The zero-order chi connectivity index (χ0) is 15.9. The highest BCUT2D eigenvalue weighted by atomic mass is 32.2. The van der Waals surface area contributed by atoms with Crippen LogP contribution in [-0.2, 0) is 0 Å². The average Bonchev–Trinajstić information content (AvgIpc) is 2.89. The Hall–Kier alpha value is -1.93. The highest BCUT2D eigenvalue weighted by molar-refractivity contribution is 8.02. The predicted molar refractivity (Wildman–Crippen MR) is 80.0 cm³/mol. The SMILES string of the molecule is CC(C)[C@H]([NH3+])c1nnc2n1NC(c1ccc(F)cc1F)=CS2. The van der Waals surface area contributed by atoms with Crippen molar-refractivity contribution in [3.8, 4) is 0 Å². The third kappa shape index (κ3) is 2.59. The van der Waals surface area contributed by atoms with Gasteiger partial charge in [-0.25, -0.2) is 13.5 Å². The molecule has 0 radical (unpaired) electrons. The summed E-state index contributed by atoms with van der Waals surface area (Å²) in [5, 5.41) is 10.7. The van der Waals surface area contributed by atoms with Gasteiger partial charge >= 0.3 is 0 Å². The summed E-state index contributed by atoms with van der Waals surface area (Å²) in [6.07, 6.45) is 0. The molecule has 116 valence electrons. The van der Waals surface area contributed by atoms with Crippen LogP contribution in [0.3, 0.4) is 0 Å². The van der Waals surface area contributed by atoms with Gasteiger partial charge in [0.05, 0.1) is 5.70 Å². The minimum Gasteiger partial charge on any atom is -0.348 e. The molecule has 0 spiro atoms. The second-order valence-corrected chi connectivity index (χ2v) is 6.25. The Labute approximate surface area is 130 Å². The van der Waals surface area contributed by atoms with Crippen LogP contribution in [0.25, 0.3) is 5.70 Å². The molecule has 1 aromatic heterocycles. The van der Waals surface area contributed by atoms with Crippen molar-refractivity contribution in [2.75, 3.05) is 5.43 Å². The molecule has 1 aromatic carbocycles. The van der Waals surface area contributed by atoms with Crippen molar-refractivity contribution in [1.82, 2.24) is 14.9 Å². The van der Waals surface area contributed by atoms with Crippen LogP contribution < -0.4 is 11.2 Å². The van der Waals surface area contributed by atoms with Gasteiger partial charge < -0.3 is 5.73 Å². The fourth-order valence-corrected chi connectivity index (χ4v) is 2.83. The Morgan fingerprint density at radius 1 is 1.27 bits per heavy atom. The molecule has 0 bridgehead atoms. The number of quaternary nitrogens is 1. The first-order valence-electron chi connectivity index (χ1n) is 6.85. The number of hydrogen-bond donors (Lipinski definition) is 2. The summed E-state index contributed by atoms with van der Waals surface area (Å²) < 4.78 is 28.7. The molecule has 1 atom stereocenters. The molecule has 5 nitrogen and oxygen atoms in total. The van der Waals surface area contributed by atoms with Crippen LogP contribution in [0.2, 0.25) is 0 Å². The van der Waals surface area contributed by atoms with Gasteiger partial charge in [-0.1, -0.05) is 25.6 Å². The van der Waals surface area contributed by atoms with Crippen LogP contribution in [0.4, 0.5) is 8.78 Å². The van der Waals surface area contributed by atoms with Crippen LogP contribution in [0.5, 0.6) is 0 Å². The van der Waals surface area contributed by atoms with E-state index in [0.29, 0.717) is 22.2 Å². The maximum atomic E-state index is 13.9. The quantitative estimate of drug-likeness (QED) is 0.907. The van der Waals surface area contributed by atoms with Gasteiger partial charge in [-0.05, 0) is 12.1 Å². The maximum absolute atomic E-state index is 13.9. The standard InChI is InChI=1S/C14H15F2N5S/c1-7(2)12(17)13-18-19-14-21(13)20-11(6-22-14)9-4-3-8(15)5-10(9)16/h3-7,12,20H,17H2,1-2H3/p+1/t12-/m0/s1. The van der Waals surface area contributed by atoms with E-state index in [1.54, 1.807) is 10.1 Å². The molecular weight excluding hydrogens is 308 g/mol. The number of hydrogen-bond acceptors (Lipinski definition) is 4. The van der Waals surface area contributed by atoms with Crippen molar-refractivity contribution in [2.45, 2.75) is 25.0 Å². The summed E-state index contributed by atoms with van der Waals surface area (Å²) in [5.74, 6) is -0.247. The molecule has 4 N–H and O–H groups in total. The number of benzene rings is 1. The lowest BCUT2D eigenvalue weighted by Crippen LogP contribution is -2.57. The number of rotatable bonds is 3. The third-order valence-corrected chi connectivity index (χ3v) is 4.36. The molecule has 2 heterocycles. The molecule has 0 aliphatic carbocycles. The minimum atomic E-state index is -0.618. The maximum Gasteiger partial charge on any atom is 0.214 e. The van der Waals surface area contributed by atoms with Crippen LogP contribution in [-0.4, -0.2) is 14.9 Å². The first kappa shape index (κ1) is 15.0. The van der Waals surface area contributed by atoms with Crippen LogP contribution in [0.15, 0.2) is 28.8 Å². The number of nitrogens with zero attached hydrogens (tertiary/aromatic N) is 3. The molecule has 0 fully saturated rings. The predicted octanol–water partition coefficient (Wildman–Crippen LogP) is 2.14. The summed E-state index contributed by atoms with van der Waals surface area (Å²) in [6.45, 7) is 4.09. The van der Waals surface area contributed by atoms with E-state index in [0.717, 1.165) is 6.07 Å². The normalized spacial score (nSPS) is 15.3. The first-order valence-corrected chi connectivity index (χ1v) is 7.73. The smallest absolute Gasteiger partial charge is 0.214 e.